The minimum atomic E-state index is -0.856. The van der Waals surface area contributed by atoms with E-state index >= 15 is 0 Å². The molecule has 36 heavy (non-hydrogen) atoms. The van der Waals surface area contributed by atoms with Gasteiger partial charge in [-0.1, -0.05) is 48.0 Å². The molecular formula is C26H37ClN2O7. The van der Waals surface area contributed by atoms with Gasteiger partial charge >= 0.3 is 0 Å². The van der Waals surface area contributed by atoms with Crippen molar-refractivity contribution < 1.29 is 30.0 Å². The molecule has 200 valence electrons. The predicted octanol–water partition coefficient (Wildman–Crippen LogP) is 3.38. The van der Waals surface area contributed by atoms with Crippen molar-refractivity contribution in [2.24, 2.45) is 11.8 Å². The Morgan fingerprint density at radius 1 is 1.28 bits per heavy atom. The van der Waals surface area contributed by atoms with E-state index in [2.05, 4.69) is 10.2 Å². The lowest BCUT2D eigenvalue weighted by molar-refractivity contribution is -0.757. The maximum atomic E-state index is 11.8. The Morgan fingerprint density at radius 2 is 2.08 bits per heavy atom. The Balaban J connectivity index is 1.68. The molecule has 0 bridgehead atoms. The van der Waals surface area contributed by atoms with Crippen LogP contribution in [0.15, 0.2) is 48.6 Å². The van der Waals surface area contributed by atoms with Crippen LogP contribution in [0.1, 0.15) is 50.5 Å². The van der Waals surface area contributed by atoms with Gasteiger partial charge in [0.1, 0.15) is 0 Å². The molecule has 0 radical (unpaired) electrons. The minimum absolute atomic E-state index is 0.0457. The van der Waals surface area contributed by atoms with Crippen LogP contribution in [0.25, 0.3) is 0 Å². The molecule has 5 atom stereocenters. The predicted molar refractivity (Wildman–Crippen MR) is 137 cm³/mol. The number of hydrogen-bond donors (Lipinski definition) is 4. The van der Waals surface area contributed by atoms with E-state index < -0.39 is 23.4 Å². The summed E-state index contributed by atoms with van der Waals surface area (Å²) in [7, 11) is 0. The second-order valence-corrected chi connectivity index (χ2v) is 9.53. The largest absolute Gasteiger partial charge is 0.393 e. The molecule has 4 N–H and O–H groups in total. The number of benzene rings is 1. The van der Waals surface area contributed by atoms with E-state index in [1.165, 1.54) is 0 Å². The fourth-order valence-electron chi connectivity index (χ4n) is 4.35. The van der Waals surface area contributed by atoms with Gasteiger partial charge in [0.2, 0.25) is 5.91 Å². The Bertz CT molecular complexity index is 880. The zero-order chi connectivity index (χ0) is 26.3. The van der Waals surface area contributed by atoms with E-state index in [9.17, 15) is 30.2 Å². The first-order valence-electron chi connectivity index (χ1n) is 12.4. The first-order chi connectivity index (χ1) is 17.3. The molecule has 1 aliphatic carbocycles. The molecule has 0 aliphatic heterocycles. The highest BCUT2D eigenvalue weighted by Crippen LogP contribution is 2.36. The molecule has 1 amide bonds. The highest BCUT2D eigenvalue weighted by Gasteiger charge is 2.39. The molecule has 9 nitrogen and oxygen atoms in total. The highest BCUT2D eigenvalue weighted by atomic mass is 35.5. The van der Waals surface area contributed by atoms with E-state index in [0.29, 0.717) is 62.9 Å². The summed E-state index contributed by atoms with van der Waals surface area (Å²) >= 11 is 6.00. The van der Waals surface area contributed by atoms with E-state index in [1.54, 1.807) is 6.08 Å². The number of aliphatic hydroxyl groups excluding tert-OH is 3. The van der Waals surface area contributed by atoms with Crippen molar-refractivity contribution in [3.05, 3.63) is 69.3 Å². The van der Waals surface area contributed by atoms with Gasteiger partial charge in [-0.2, -0.15) is 0 Å². The second-order valence-electron chi connectivity index (χ2n) is 9.09. The Hall–Kier alpha value is -2.46. The molecule has 0 unspecified atom stereocenters. The average molecular weight is 525 g/mol. The molecule has 0 spiro atoms. The van der Waals surface area contributed by atoms with E-state index in [1.807, 2.05) is 42.5 Å². The zero-order valence-electron chi connectivity index (χ0n) is 20.4. The van der Waals surface area contributed by atoms with E-state index in [-0.39, 0.29) is 24.3 Å². The van der Waals surface area contributed by atoms with Crippen LogP contribution in [0.2, 0.25) is 5.02 Å². The number of aliphatic hydroxyl groups is 3. The molecule has 2 rings (SSSR count). The lowest BCUT2D eigenvalue weighted by atomic mass is 9.89. The third-order valence-corrected chi connectivity index (χ3v) is 6.51. The molecule has 1 saturated carbocycles. The van der Waals surface area contributed by atoms with Crippen molar-refractivity contribution >= 4 is 17.5 Å². The van der Waals surface area contributed by atoms with Crippen LogP contribution in [0, 0.1) is 22.0 Å². The normalized spacial score (nSPS) is 22.8. The monoisotopic (exact) mass is 524 g/mol. The SMILES string of the molecule is O=C(CCC/C=C\C[C@@H]1[C@@H](/C=C/[C@@H](O)CCc2cccc(Cl)c2)[C@H](O)C[C@@H]1O)NCCCO[N+](=O)[O-]. The summed E-state index contributed by atoms with van der Waals surface area (Å²) in [6.07, 6.45) is 9.73. The van der Waals surface area contributed by atoms with Crippen LogP contribution < -0.4 is 5.32 Å². The van der Waals surface area contributed by atoms with Crippen LogP contribution in [0.3, 0.4) is 0 Å². The molecule has 0 saturated heterocycles. The number of amides is 1. The summed E-state index contributed by atoms with van der Waals surface area (Å²) in [5.74, 6) is -0.495. The lowest BCUT2D eigenvalue weighted by Gasteiger charge is -2.19. The Morgan fingerprint density at radius 3 is 2.83 bits per heavy atom. The van der Waals surface area contributed by atoms with Crippen LogP contribution in [-0.4, -0.2) is 57.8 Å². The Labute approximate surface area is 216 Å². The summed E-state index contributed by atoms with van der Waals surface area (Å²) in [5.41, 5.74) is 1.05. The number of nitrogens with one attached hydrogen (secondary N) is 1. The lowest BCUT2D eigenvalue weighted by Crippen LogP contribution is -2.25. The number of aryl methyl sites for hydroxylation is 1. The number of carbonyl (C=O) groups is 1. The van der Waals surface area contributed by atoms with E-state index in [4.69, 9.17) is 11.6 Å². The van der Waals surface area contributed by atoms with Gasteiger partial charge in [0.25, 0.3) is 5.09 Å². The van der Waals surface area contributed by atoms with Crippen molar-refractivity contribution in [1.82, 2.24) is 5.32 Å². The van der Waals surface area contributed by atoms with Crippen molar-refractivity contribution in [2.75, 3.05) is 13.2 Å². The first kappa shape index (κ1) is 29.8. The van der Waals surface area contributed by atoms with Gasteiger partial charge < -0.3 is 25.5 Å². The maximum Gasteiger partial charge on any atom is 0.294 e. The second kappa shape index (κ2) is 16.3. The topological polar surface area (TPSA) is 142 Å². The maximum absolute atomic E-state index is 11.8. The molecule has 1 aliphatic rings. The van der Waals surface area contributed by atoms with Gasteiger partial charge in [-0.25, -0.2) is 0 Å². The van der Waals surface area contributed by atoms with Gasteiger partial charge in [0, 0.05) is 30.3 Å². The van der Waals surface area contributed by atoms with Gasteiger partial charge in [0.05, 0.1) is 24.9 Å². The third-order valence-electron chi connectivity index (χ3n) is 6.28. The van der Waals surface area contributed by atoms with Gasteiger partial charge in [0.15, 0.2) is 0 Å². The van der Waals surface area contributed by atoms with Gasteiger partial charge in [-0.05, 0) is 62.1 Å². The number of halogens is 1. The zero-order valence-corrected chi connectivity index (χ0v) is 21.1. The summed E-state index contributed by atoms with van der Waals surface area (Å²) in [6, 6.07) is 7.53. The van der Waals surface area contributed by atoms with Crippen molar-refractivity contribution in [3.63, 3.8) is 0 Å². The third kappa shape index (κ3) is 11.5. The number of nitrogens with zero attached hydrogens (tertiary/aromatic N) is 1. The fraction of sp³-hybridized carbons (Fsp3) is 0.577. The average Bonchev–Trinajstić information content (AvgIpc) is 3.10. The summed E-state index contributed by atoms with van der Waals surface area (Å²) in [5, 5.41) is 43.7. The quantitative estimate of drug-likeness (QED) is 0.112. The molecule has 1 aromatic carbocycles. The smallest absolute Gasteiger partial charge is 0.294 e. The minimum Gasteiger partial charge on any atom is -0.393 e. The van der Waals surface area contributed by atoms with Crippen LogP contribution >= 0.6 is 11.6 Å². The van der Waals surface area contributed by atoms with Crippen LogP contribution in [0.5, 0.6) is 0 Å². The Kier molecular flexibility index (Phi) is 13.5. The highest BCUT2D eigenvalue weighted by molar-refractivity contribution is 6.30. The molecule has 10 heteroatoms. The number of allylic oxidation sites excluding steroid dienone is 2. The number of hydrogen-bond acceptors (Lipinski definition) is 7. The number of unbranched alkanes of at least 4 members (excludes halogenated alkanes) is 1. The molecule has 1 fully saturated rings. The first-order valence-corrected chi connectivity index (χ1v) is 12.8. The standard InChI is InChI=1S/C26H37ClN2O7/c27-20-8-5-7-19(17-20)11-12-21(30)13-14-23-22(24(31)18-25(23)32)9-3-1-2-4-10-26(33)28-15-6-16-36-29(34)35/h1,3,5,7-8,13-14,17,21-25,30-32H,2,4,6,9-12,15-16,18H2,(H,28,33)/b3-1-,14-13+/t21-,22+,23+,24-,25+/m0/s1. The number of carbonyl (C=O) groups excluding carboxylic acids is 1. The summed E-state index contributed by atoms with van der Waals surface area (Å²) < 4.78 is 0. The van der Waals surface area contributed by atoms with E-state index in [0.717, 1.165) is 5.56 Å². The summed E-state index contributed by atoms with van der Waals surface area (Å²) in [6.45, 7) is 0.282. The summed E-state index contributed by atoms with van der Waals surface area (Å²) in [4.78, 5) is 26.0. The molecule has 0 aromatic heterocycles. The van der Waals surface area contributed by atoms with Crippen LogP contribution in [-0.2, 0) is 16.1 Å². The molecular weight excluding hydrogens is 488 g/mol. The molecule has 1 aromatic rings. The van der Waals surface area contributed by atoms with Crippen molar-refractivity contribution in [1.29, 1.82) is 0 Å². The van der Waals surface area contributed by atoms with Crippen molar-refractivity contribution in [3.8, 4) is 0 Å². The molecule has 0 heterocycles. The van der Waals surface area contributed by atoms with Crippen molar-refractivity contribution in [2.45, 2.75) is 69.7 Å². The fourth-order valence-corrected chi connectivity index (χ4v) is 4.56. The number of rotatable bonds is 16. The van der Waals surface area contributed by atoms with Crippen LogP contribution in [0.4, 0.5) is 0 Å². The van der Waals surface area contributed by atoms with Gasteiger partial charge in [-0.3, -0.25) is 4.79 Å². The van der Waals surface area contributed by atoms with Gasteiger partial charge in [-0.15, -0.1) is 10.1 Å².